The average Bonchev–Trinajstić information content (AvgIpc) is 2.73. The van der Waals surface area contributed by atoms with E-state index in [-0.39, 0.29) is 0 Å². The van der Waals surface area contributed by atoms with Crippen LogP contribution in [0.4, 0.5) is 0 Å². The highest BCUT2D eigenvalue weighted by atomic mass is 32.2. The first-order chi connectivity index (χ1) is 7.66. The minimum atomic E-state index is 0.432. The van der Waals surface area contributed by atoms with Crippen LogP contribution in [-0.4, -0.2) is 28.2 Å². The van der Waals surface area contributed by atoms with Gasteiger partial charge in [0.05, 0.1) is 0 Å². The van der Waals surface area contributed by atoms with E-state index < -0.39 is 0 Å². The standard InChI is InChI=1S/C13H19NOS/c1-10(2)11-3-4-13(15)12(7-11)8-14-5-6-16-9-14/h3-4,7,10,15H,5-6,8-9H2,1-2H3. The zero-order valence-corrected chi connectivity index (χ0v) is 10.8. The third kappa shape index (κ3) is 2.71. The molecule has 0 amide bonds. The van der Waals surface area contributed by atoms with Crippen LogP contribution in [0.5, 0.6) is 5.75 Å². The van der Waals surface area contributed by atoms with Crippen molar-refractivity contribution >= 4 is 11.8 Å². The van der Waals surface area contributed by atoms with Gasteiger partial charge in [0.2, 0.25) is 0 Å². The van der Waals surface area contributed by atoms with Crippen molar-refractivity contribution in [2.24, 2.45) is 0 Å². The summed E-state index contributed by atoms with van der Waals surface area (Å²) in [6.07, 6.45) is 0. The van der Waals surface area contributed by atoms with Gasteiger partial charge in [0, 0.05) is 30.3 Å². The van der Waals surface area contributed by atoms with Gasteiger partial charge in [0.1, 0.15) is 5.75 Å². The van der Waals surface area contributed by atoms with Gasteiger partial charge in [-0.3, -0.25) is 4.90 Å². The van der Waals surface area contributed by atoms with Crippen molar-refractivity contribution in [3.05, 3.63) is 29.3 Å². The first-order valence-corrected chi connectivity index (χ1v) is 6.94. The Bertz CT molecular complexity index is 359. The molecule has 1 aromatic rings. The molecule has 3 heteroatoms. The smallest absolute Gasteiger partial charge is 0.120 e. The van der Waals surface area contributed by atoms with Crippen molar-refractivity contribution in [1.82, 2.24) is 4.90 Å². The molecule has 0 aliphatic carbocycles. The molecule has 1 N–H and O–H groups in total. The molecule has 16 heavy (non-hydrogen) atoms. The first-order valence-electron chi connectivity index (χ1n) is 5.78. The van der Waals surface area contributed by atoms with Crippen molar-refractivity contribution in [3.8, 4) is 5.75 Å². The Balaban J connectivity index is 2.14. The van der Waals surface area contributed by atoms with E-state index in [1.54, 1.807) is 0 Å². The van der Waals surface area contributed by atoms with E-state index in [2.05, 4.69) is 24.8 Å². The van der Waals surface area contributed by atoms with E-state index in [1.165, 1.54) is 11.3 Å². The number of nitrogens with zero attached hydrogens (tertiary/aromatic N) is 1. The highest BCUT2D eigenvalue weighted by Gasteiger charge is 2.14. The van der Waals surface area contributed by atoms with Gasteiger partial charge in [0.25, 0.3) is 0 Å². The first kappa shape index (κ1) is 11.8. The Labute approximate surface area is 102 Å². The minimum absolute atomic E-state index is 0.432. The van der Waals surface area contributed by atoms with Gasteiger partial charge >= 0.3 is 0 Å². The fraction of sp³-hybridized carbons (Fsp3) is 0.538. The van der Waals surface area contributed by atoms with Crippen molar-refractivity contribution in [3.63, 3.8) is 0 Å². The maximum absolute atomic E-state index is 9.84. The molecule has 2 nitrogen and oxygen atoms in total. The number of benzene rings is 1. The highest BCUT2D eigenvalue weighted by Crippen LogP contribution is 2.26. The number of phenols is 1. The van der Waals surface area contributed by atoms with E-state index >= 15 is 0 Å². The molecule has 0 bridgehead atoms. The SMILES string of the molecule is CC(C)c1ccc(O)c(CN2CCSC2)c1. The number of rotatable bonds is 3. The van der Waals surface area contributed by atoms with Crippen LogP contribution in [0.25, 0.3) is 0 Å². The second-order valence-corrected chi connectivity index (χ2v) is 5.71. The number of hydrogen-bond donors (Lipinski definition) is 1. The lowest BCUT2D eigenvalue weighted by molar-refractivity contribution is 0.340. The number of aromatic hydroxyl groups is 1. The molecule has 1 fully saturated rings. The zero-order chi connectivity index (χ0) is 11.5. The summed E-state index contributed by atoms with van der Waals surface area (Å²) in [5.41, 5.74) is 2.37. The second-order valence-electron chi connectivity index (χ2n) is 4.63. The second kappa shape index (κ2) is 5.11. The molecule has 1 heterocycles. The van der Waals surface area contributed by atoms with E-state index in [9.17, 15) is 5.11 Å². The van der Waals surface area contributed by atoms with Crippen LogP contribution >= 0.6 is 11.8 Å². The van der Waals surface area contributed by atoms with E-state index in [0.29, 0.717) is 11.7 Å². The molecule has 1 aliphatic heterocycles. The predicted molar refractivity (Wildman–Crippen MR) is 69.9 cm³/mol. The molecule has 0 saturated carbocycles. The monoisotopic (exact) mass is 237 g/mol. The lowest BCUT2D eigenvalue weighted by atomic mass is 10.00. The Morgan fingerprint density at radius 2 is 2.25 bits per heavy atom. The molecular formula is C13H19NOS. The molecule has 0 spiro atoms. The summed E-state index contributed by atoms with van der Waals surface area (Å²) in [5, 5.41) is 9.84. The molecule has 0 atom stereocenters. The number of hydrogen-bond acceptors (Lipinski definition) is 3. The number of thioether (sulfide) groups is 1. The topological polar surface area (TPSA) is 23.5 Å². The molecule has 1 saturated heterocycles. The quantitative estimate of drug-likeness (QED) is 0.874. The van der Waals surface area contributed by atoms with Gasteiger partial charge in [-0.25, -0.2) is 0 Å². The van der Waals surface area contributed by atoms with Crippen LogP contribution in [0.2, 0.25) is 0 Å². The fourth-order valence-electron chi connectivity index (χ4n) is 1.91. The average molecular weight is 237 g/mol. The third-order valence-electron chi connectivity index (χ3n) is 2.99. The molecule has 0 unspecified atom stereocenters. The van der Waals surface area contributed by atoms with Crippen LogP contribution in [-0.2, 0) is 6.54 Å². The molecule has 1 aliphatic rings. The molecule has 1 aromatic carbocycles. The van der Waals surface area contributed by atoms with Crippen LogP contribution in [0.1, 0.15) is 30.9 Å². The van der Waals surface area contributed by atoms with Gasteiger partial charge in [-0.2, -0.15) is 0 Å². The van der Waals surface area contributed by atoms with Crippen LogP contribution < -0.4 is 0 Å². The molecule has 2 rings (SSSR count). The Kier molecular flexibility index (Phi) is 3.77. The summed E-state index contributed by atoms with van der Waals surface area (Å²) in [7, 11) is 0. The predicted octanol–water partition coefficient (Wildman–Crippen LogP) is 3.02. The summed E-state index contributed by atoms with van der Waals surface area (Å²) in [5.74, 6) is 3.25. The molecular weight excluding hydrogens is 218 g/mol. The van der Waals surface area contributed by atoms with Crippen LogP contribution in [0.15, 0.2) is 18.2 Å². The van der Waals surface area contributed by atoms with E-state index in [4.69, 9.17) is 0 Å². The Morgan fingerprint density at radius 3 is 2.88 bits per heavy atom. The zero-order valence-electron chi connectivity index (χ0n) is 9.94. The van der Waals surface area contributed by atoms with E-state index in [1.807, 2.05) is 23.9 Å². The molecule has 0 radical (unpaired) electrons. The minimum Gasteiger partial charge on any atom is -0.508 e. The van der Waals surface area contributed by atoms with Gasteiger partial charge in [-0.15, -0.1) is 11.8 Å². The Morgan fingerprint density at radius 1 is 1.44 bits per heavy atom. The lowest BCUT2D eigenvalue weighted by Gasteiger charge is -2.16. The number of phenolic OH excluding ortho intramolecular Hbond substituents is 1. The summed E-state index contributed by atoms with van der Waals surface area (Å²) < 4.78 is 0. The van der Waals surface area contributed by atoms with Crippen molar-refractivity contribution in [2.75, 3.05) is 18.2 Å². The van der Waals surface area contributed by atoms with Gasteiger partial charge in [-0.1, -0.05) is 26.0 Å². The molecule has 88 valence electrons. The van der Waals surface area contributed by atoms with Crippen molar-refractivity contribution in [2.45, 2.75) is 26.3 Å². The summed E-state index contributed by atoms with van der Waals surface area (Å²) in [6, 6.07) is 5.99. The summed E-state index contributed by atoms with van der Waals surface area (Å²) in [6.45, 7) is 6.37. The summed E-state index contributed by atoms with van der Waals surface area (Å²) >= 11 is 1.96. The fourth-order valence-corrected chi connectivity index (χ4v) is 2.90. The van der Waals surface area contributed by atoms with Gasteiger partial charge < -0.3 is 5.11 Å². The maximum Gasteiger partial charge on any atom is 0.120 e. The maximum atomic E-state index is 9.84. The van der Waals surface area contributed by atoms with Gasteiger partial charge in [0.15, 0.2) is 0 Å². The van der Waals surface area contributed by atoms with Crippen LogP contribution in [0.3, 0.4) is 0 Å². The molecule has 0 aromatic heterocycles. The van der Waals surface area contributed by atoms with Crippen molar-refractivity contribution < 1.29 is 5.11 Å². The highest BCUT2D eigenvalue weighted by molar-refractivity contribution is 7.99. The summed E-state index contributed by atoms with van der Waals surface area (Å²) in [4.78, 5) is 2.38. The lowest BCUT2D eigenvalue weighted by Crippen LogP contribution is -2.18. The van der Waals surface area contributed by atoms with Crippen LogP contribution in [0, 0.1) is 0 Å². The third-order valence-corrected chi connectivity index (χ3v) is 4.01. The largest absolute Gasteiger partial charge is 0.508 e. The van der Waals surface area contributed by atoms with Gasteiger partial charge in [-0.05, 0) is 17.5 Å². The normalized spacial score (nSPS) is 17.2. The Hall–Kier alpha value is -0.670. The van der Waals surface area contributed by atoms with E-state index in [0.717, 1.165) is 24.5 Å². The van der Waals surface area contributed by atoms with Crippen molar-refractivity contribution in [1.29, 1.82) is 0 Å².